The smallest absolute Gasteiger partial charge is 0.225 e. The number of amides is 1. The van der Waals surface area contributed by atoms with Crippen LogP contribution in [-0.2, 0) is 4.79 Å². The second-order valence-corrected chi connectivity index (χ2v) is 6.65. The van der Waals surface area contributed by atoms with Crippen molar-refractivity contribution in [1.29, 1.82) is 0 Å². The molecule has 0 aromatic heterocycles. The summed E-state index contributed by atoms with van der Waals surface area (Å²) in [5.41, 5.74) is 0. The molecule has 1 unspecified atom stereocenters. The van der Waals surface area contributed by atoms with Crippen LogP contribution in [0.4, 0.5) is 0 Å². The quantitative estimate of drug-likeness (QED) is 0.848. The molecule has 1 N–H and O–H groups in total. The Morgan fingerprint density at radius 3 is 2.53 bits per heavy atom. The maximum absolute atomic E-state index is 12.4. The summed E-state index contributed by atoms with van der Waals surface area (Å²) >= 11 is 0. The van der Waals surface area contributed by atoms with Crippen LogP contribution in [0.25, 0.3) is 0 Å². The van der Waals surface area contributed by atoms with Gasteiger partial charge in [0.2, 0.25) is 5.91 Å². The van der Waals surface area contributed by atoms with E-state index < -0.39 is 0 Å². The predicted octanol–water partition coefficient (Wildman–Crippen LogP) is 2.80. The standard InChI is InChI=1S/C16H30N2O/c1-13-6-8-14(9-7-13)16(19)18(2)12-10-15-5-3-4-11-17-15/h13-15,17H,3-12H2,1-2H3. The number of nitrogens with one attached hydrogen (secondary N) is 1. The van der Waals surface area contributed by atoms with Gasteiger partial charge in [-0.3, -0.25) is 4.79 Å². The van der Waals surface area contributed by atoms with E-state index in [1.54, 1.807) is 0 Å². The molecule has 1 saturated carbocycles. The van der Waals surface area contributed by atoms with E-state index in [1.165, 1.54) is 32.1 Å². The fraction of sp³-hybridized carbons (Fsp3) is 0.938. The Balaban J connectivity index is 1.69. The molecule has 0 radical (unpaired) electrons. The zero-order valence-electron chi connectivity index (χ0n) is 12.7. The number of rotatable bonds is 4. The van der Waals surface area contributed by atoms with Crippen molar-refractivity contribution < 1.29 is 4.79 Å². The predicted molar refractivity (Wildman–Crippen MR) is 79.0 cm³/mol. The summed E-state index contributed by atoms with van der Waals surface area (Å²) in [4.78, 5) is 14.4. The summed E-state index contributed by atoms with van der Waals surface area (Å²) in [5, 5.41) is 3.56. The van der Waals surface area contributed by atoms with Crippen molar-refractivity contribution in [2.75, 3.05) is 20.1 Å². The van der Waals surface area contributed by atoms with Gasteiger partial charge in [-0.05, 0) is 57.4 Å². The van der Waals surface area contributed by atoms with E-state index in [9.17, 15) is 4.79 Å². The highest BCUT2D eigenvalue weighted by Crippen LogP contribution is 2.29. The van der Waals surface area contributed by atoms with Gasteiger partial charge in [0.05, 0.1) is 0 Å². The molecule has 19 heavy (non-hydrogen) atoms. The number of nitrogens with zero attached hydrogens (tertiary/aromatic N) is 1. The van der Waals surface area contributed by atoms with Gasteiger partial charge in [0.15, 0.2) is 0 Å². The average molecular weight is 266 g/mol. The van der Waals surface area contributed by atoms with Gasteiger partial charge in [-0.1, -0.05) is 13.3 Å². The van der Waals surface area contributed by atoms with Gasteiger partial charge >= 0.3 is 0 Å². The van der Waals surface area contributed by atoms with Crippen LogP contribution in [-0.4, -0.2) is 37.0 Å². The lowest BCUT2D eigenvalue weighted by atomic mass is 9.82. The topological polar surface area (TPSA) is 32.3 Å². The van der Waals surface area contributed by atoms with E-state index in [2.05, 4.69) is 12.2 Å². The first kappa shape index (κ1) is 14.8. The van der Waals surface area contributed by atoms with E-state index in [1.807, 2.05) is 11.9 Å². The van der Waals surface area contributed by atoms with Crippen LogP contribution in [0.5, 0.6) is 0 Å². The van der Waals surface area contributed by atoms with Gasteiger partial charge < -0.3 is 10.2 Å². The molecular weight excluding hydrogens is 236 g/mol. The zero-order valence-corrected chi connectivity index (χ0v) is 12.7. The molecule has 1 saturated heterocycles. The maximum atomic E-state index is 12.4. The minimum absolute atomic E-state index is 0.306. The van der Waals surface area contributed by atoms with Crippen molar-refractivity contribution in [1.82, 2.24) is 10.2 Å². The van der Waals surface area contributed by atoms with Crippen molar-refractivity contribution in [3.63, 3.8) is 0 Å². The van der Waals surface area contributed by atoms with Crippen LogP contribution in [0, 0.1) is 11.8 Å². The summed E-state index contributed by atoms with van der Waals surface area (Å²) in [6.07, 6.45) is 9.72. The second-order valence-electron chi connectivity index (χ2n) is 6.65. The monoisotopic (exact) mass is 266 g/mol. The van der Waals surface area contributed by atoms with Crippen LogP contribution in [0.1, 0.15) is 58.3 Å². The molecule has 3 heteroatoms. The molecule has 1 atom stereocenters. The first-order valence-electron chi connectivity index (χ1n) is 8.15. The SMILES string of the molecule is CC1CCC(C(=O)N(C)CCC2CCCCN2)CC1. The molecule has 0 spiro atoms. The van der Waals surface area contributed by atoms with Crippen molar-refractivity contribution in [2.24, 2.45) is 11.8 Å². The Hall–Kier alpha value is -0.570. The van der Waals surface area contributed by atoms with Crippen LogP contribution < -0.4 is 5.32 Å². The molecule has 110 valence electrons. The van der Waals surface area contributed by atoms with E-state index in [0.717, 1.165) is 38.3 Å². The first-order valence-corrected chi connectivity index (χ1v) is 8.15. The van der Waals surface area contributed by atoms with E-state index in [0.29, 0.717) is 17.9 Å². The van der Waals surface area contributed by atoms with Crippen LogP contribution in [0.3, 0.4) is 0 Å². The summed E-state index contributed by atoms with van der Waals surface area (Å²) in [5.74, 6) is 1.52. The van der Waals surface area contributed by atoms with Crippen molar-refractivity contribution in [3.8, 4) is 0 Å². The van der Waals surface area contributed by atoms with E-state index >= 15 is 0 Å². The fourth-order valence-corrected chi connectivity index (χ4v) is 3.45. The normalized spacial score (nSPS) is 32.0. The Labute approximate surface area is 118 Å². The van der Waals surface area contributed by atoms with Crippen LogP contribution >= 0.6 is 0 Å². The minimum Gasteiger partial charge on any atom is -0.345 e. The molecule has 1 aliphatic carbocycles. The van der Waals surface area contributed by atoms with Crippen molar-refractivity contribution >= 4 is 5.91 Å². The van der Waals surface area contributed by atoms with Crippen molar-refractivity contribution in [3.05, 3.63) is 0 Å². The molecule has 1 aliphatic heterocycles. The minimum atomic E-state index is 0.306. The Kier molecular flexibility index (Phi) is 5.68. The van der Waals surface area contributed by atoms with Crippen LogP contribution in [0.15, 0.2) is 0 Å². The highest BCUT2D eigenvalue weighted by Gasteiger charge is 2.26. The van der Waals surface area contributed by atoms with Gasteiger partial charge in [-0.25, -0.2) is 0 Å². The first-order chi connectivity index (χ1) is 9.16. The van der Waals surface area contributed by atoms with Gasteiger partial charge in [-0.2, -0.15) is 0 Å². The molecule has 0 aromatic carbocycles. The number of piperidine rings is 1. The largest absolute Gasteiger partial charge is 0.345 e. The lowest BCUT2D eigenvalue weighted by Crippen LogP contribution is -2.40. The number of hydrogen-bond acceptors (Lipinski definition) is 2. The Morgan fingerprint density at radius 1 is 1.16 bits per heavy atom. The summed E-state index contributed by atoms with van der Waals surface area (Å²) in [6, 6.07) is 0.635. The molecular formula is C16H30N2O. The fourth-order valence-electron chi connectivity index (χ4n) is 3.45. The summed E-state index contributed by atoms with van der Waals surface area (Å²) < 4.78 is 0. The second kappa shape index (κ2) is 7.28. The molecule has 0 aromatic rings. The maximum Gasteiger partial charge on any atom is 0.225 e. The number of carbonyl (C=O) groups excluding carboxylic acids is 1. The molecule has 2 aliphatic rings. The summed E-state index contributed by atoms with van der Waals surface area (Å²) in [7, 11) is 1.99. The third-order valence-electron chi connectivity index (χ3n) is 4.97. The molecule has 1 heterocycles. The third-order valence-corrected chi connectivity index (χ3v) is 4.97. The van der Waals surface area contributed by atoms with Crippen LogP contribution in [0.2, 0.25) is 0 Å². The summed E-state index contributed by atoms with van der Waals surface area (Å²) in [6.45, 7) is 4.38. The third kappa shape index (κ3) is 4.48. The Morgan fingerprint density at radius 2 is 1.89 bits per heavy atom. The number of hydrogen-bond donors (Lipinski definition) is 1. The molecule has 3 nitrogen and oxygen atoms in total. The lowest BCUT2D eigenvalue weighted by Gasteiger charge is -2.30. The van der Waals surface area contributed by atoms with Gasteiger partial charge in [0, 0.05) is 25.6 Å². The average Bonchev–Trinajstić information content (AvgIpc) is 2.46. The highest BCUT2D eigenvalue weighted by atomic mass is 16.2. The number of carbonyl (C=O) groups is 1. The molecule has 2 fully saturated rings. The molecule has 0 bridgehead atoms. The zero-order chi connectivity index (χ0) is 13.7. The van der Waals surface area contributed by atoms with E-state index in [4.69, 9.17) is 0 Å². The van der Waals surface area contributed by atoms with Gasteiger partial charge in [0.25, 0.3) is 0 Å². The van der Waals surface area contributed by atoms with Gasteiger partial charge in [-0.15, -0.1) is 0 Å². The van der Waals surface area contributed by atoms with E-state index in [-0.39, 0.29) is 0 Å². The Bertz CT molecular complexity index is 278. The van der Waals surface area contributed by atoms with Crippen molar-refractivity contribution in [2.45, 2.75) is 64.3 Å². The van der Waals surface area contributed by atoms with Gasteiger partial charge in [0.1, 0.15) is 0 Å². The lowest BCUT2D eigenvalue weighted by molar-refractivity contribution is -0.135. The molecule has 2 rings (SSSR count). The highest BCUT2D eigenvalue weighted by molar-refractivity contribution is 5.78. The molecule has 1 amide bonds.